The summed E-state index contributed by atoms with van der Waals surface area (Å²) in [4.78, 5) is 0. The van der Waals surface area contributed by atoms with Crippen LogP contribution in [-0.4, -0.2) is 29.3 Å². The fourth-order valence-corrected chi connectivity index (χ4v) is 16.1. The van der Waals surface area contributed by atoms with Crippen molar-refractivity contribution >= 4 is 37.4 Å². The van der Waals surface area contributed by atoms with Crippen molar-refractivity contribution in [2.24, 2.45) is 0 Å². The first-order valence-corrected chi connectivity index (χ1v) is 21.5. The maximum Gasteiger partial charge on any atom is 0.261 e. The van der Waals surface area contributed by atoms with E-state index in [9.17, 15) is 0 Å². The van der Waals surface area contributed by atoms with Gasteiger partial charge in [-0.1, -0.05) is 195 Å². The van der Waals surface area contributed by atoms with Gasteiger partial charge < -0.3 is 8.85 Å². The molecule has 4 aromatic carbocycles. The lowest BCUT2D eigenvalue weighted by molar-refractivity contribution is 0.237. The monoisotopic (exact) mass is 672 g/mol. The van der Waals surface area contributed by atoms with Gasteiger partial charge in [0.2, 0.25) is 0 Å². The highest BCUT2D eigenvalue weighted by Gasteiger charge is 2.52. The van der Waals surface area contributed by atoms with Gasteiger partial charge in [-0.15, -0.1) is 11.8 Å². The summed E-state index contributed by atoms with van der Waals surface area (Å²) in [6, 6.07) is 43.5. The Labute approximate surface area is 293 Å². The zero-order valence-corrected chi connectivity index (χ0v) is 32.3. The molecular weight excluding hydrogens is 617 g/mol. The van der Waals surface area contributed by atoms with Gasteiger partial charge >= 0.3 is 0 Å². The van der Waals surface area contributed by atoms with Gasteiger partial charge in [-0.3, -0.25) is 0 Å². The van der Waals surface area contributed by atoms with Crippen LogP contribution in [0.5, 0.6) is 0 Å². The summed E-state index contributed by atoms with van der Waals surface area (Å²) in [7, 11) is -5.44. The molecule has 0 saturated carbocycles. The molecule has 0 heterocycles. The molecule has 0 N–H and O–H groups in total. The van der Waals surface area contributed by atoms with Gasteiger partial charge in [0.1, 0.15) is 0 Å². The highest BCUT2D eigenvalue weighted by atomic mass is 28.4. The van der Waals surface area contributed by atoms with Crippen molar-refractivity contribution in [3.05, 3.63) is 133 Å². The summed E-state index contributed by atoms with van der Waals surface area (Å²) in [5.74, 6) is 6.98. The van der Waals surface area contributed by atoms with Crippen LogP contribution < -0.4 is 20.7 Å². The molecule has 2 nitrogen and oxygen atoms in total. The van der Waals surface area contributed by atoms with Gasteiger partial charge in [-0.05, 0) is 37.2 Å². The van der Waals surface area contributed by atoms with Crippen LogP contribution >= 0.6 is 0 Å². The molecule has 4 rings (SSSR count). The maximum absolute atomic E-state index is 7.58. The Morgan fingerprint density at radius 2 is 1.00 bits per heavy atom. The molecule has 0 saturated heterocycles. The van der Waals surface area contributed by atoms with Crippen LogP contribution in [0.3, 0.4) is 0 Å². The Bertz CT molecular complexity index is 1510. The van der Waals surface area contributed by atoms with Crippen molar-refractivity contribution < 1.29 is 8.85 Å². The molecule has 4 heteroatoms. The molecule has 0 radical (unpaired) electrons. The van der Waals surface area contributed by atoms with E-state index in [0.29, 0.717) is 13.0 Å². The standard InChI is InChI=1S/C44H56O2Si2/c1-8-9-10-11-12-17-27-38(46-48(44(5,6)7,41-33-22-15-23-34-41)42-35-24-16-25-36-42)28-26-37-45-47(43(2,3)4,39-29-18-13-19-30-39)40-31-20-14-21-32-40/h13-16,18-26,28-36,38H,8-11,27,37H2,1-7H3/b28-26+/t38-/m0/s1. The molecule has 1 atom stereocenters. The van der Waals surface area contributed by atoms with Crippen LogP contribution in [0.4, 0.5) is 0 Å². The summed E-state index contributed by atoms with van der Waals surface area (Å²) in [5, 5.41) is 4.92. The lowest BCUT2D eigenvalue weighted by atomic mass is 10.2. The molecule has 0 aliphatic carbocycles. The van der Waals surface area contributed by atoms with Crippen molar-refractivity contribution in [3.63, 3.8) is 0 Å². The highest BCUT2D eigenvalue weighted by molar-refractivity contribution is 7.00. The largest absolute Gasteiger partial charge is 0.404 e. The first-order chi connectivity index (χ1) is 23.1. The number of hydrogen-bond donors (Lipinski definition) is 0. The van der Waals surface area contributed by atoms with E-state index in [0.717, 1.165) is 12.8 Å². The third kappa shape index (κ3) is 8.76. The molecular formula is C44H56O2Si2. The third-order valence-electron chi connectivity index (χ3n) is 9.24. The van der Waals surface area contributed by atoms with Crippen LogP contribution in [0.25, 0.3) is 0 Å². The summed E-state index contributed by atoms with van der Waals surface area (Å²) in [6.07, 6.45) is 9.39. The van der Waals surface area contributed by atoms with Crippen LogP contribution in [0, 0.1) is 11.8 Å². The van der Waals surface area contributed by atoms with E-state index in [2.05, 4.69) is 194 Å². The van der Waals surface area contributed by atoms with Gasteiger partial charge in [-0.25, -0.2) is 0 Å². The van der Waals surface area contributed by atoms with Gasteiger partial charge in [-0.2, -0.15) is 0 Å². The van der Waals surface area contributed by atoms with Gasteiger partial charge in [0.05, 0.1) is 12.7 Å². The second-order valence-corrected chi connectivity index (χ2v) is 23.3. The Hall–Kier alpha value is -3.47. The van der Waals surface area contributed by atoms with E-state index < -0.39 is 16.6 Å². The van der Waals surface area contributed by atoms with Crippen LogP contribution in [-0.2, 0) is 8.85 Å². The minimum absolute atomic E-state index is 0.0850. The predicted octanol–water partition coefficient (Wildman–Crippen LogP) is 9.04. The van der Waals surface area contributed by atoms with Crippen LogP contribution in [0.1, 0.15) is 80.6 Å². The molecule has 0 bridgehead atoms. The second-order valence-electron chi connectivity index (χ2n) is 14.7. The molecule has 0 aliphatic heterocycles. The van der Waals surface area contributed by atoms with E-state index in [4.69, 9.17) is 8.85 Å². The van der Waals surface area contributed by atoms with Crippen LogP contribution in [0.15, 0.2) is 133 Å². The molecule has 0 unspecified atom stereocenters. The minimum Gasteiger partial charge on any atom is -0.404 e. The highest BCUT2D eigenvalue weighted by Crippen LogP contribution is 2.39. The first-order valence-electron chi connectivity index (χ1n) is 17.7. The fourth-order valence-electron chi connectivity index (χ4n) is 6.93. The summed E-state index contributed by atoms with van der Waals surface area (Å²) < 4.78 is 14.8. The average molecular weight is 673 g/mol. The molecule has 0 aromatic heterocycles. The lowest BCUT2D eigenvalue weighted by Gasteiger charge is -2.44. The van der Waals surface area contributed by atoms with Gasteiger partial charge in [0.25, 0.3) is 16.6 Å². The third-order valence-corrected chi connectivity index (χ3v) is 19.3. The van der Waals surface area contributed by atoms with Gasteiger partial charge in [0.15, 0.2) is 0 Å². The zero-order valence-electron chi connectivity index (χ0n) is 30.3. The van der Waals surface area contributed by atoms with E-state index in [1.54, 1.807) is 0 Å². The first kappa shape index (κ1) is 37.4. The molecule has 0 spiro atoms. The molecule has 48 heavy (non-hydrogen) atoms. The summed E-state index contributed by atoms with van der Waals surface area (Å²) in [5.41, 5.74) is 0. The normalized spacial score (nSPS) is 13.2. The Balaban J connectivity index is 1.74. The van der Waals surface area contributed by atoms with E-state index >= 15 is 0 Å². The lowest BCUT2D eigenvalue weighted by Crippen LogP contribution is -2.67. The number of rotatable bonds is 14. The molecule has 0 fully saturated rings. The summed E-state index contributed by atoms with van der Waals surface area (Å²) in [6.45, 7) is 16.7. The average Bonchev–Trinajstić information content (AvgIpc) is 3.09. The molecule has 4 aromatic rings. The zero-order chi connectivity index (χ0) is 34.5. The van der Waals surface area contributed by atoms with Crippen molar-refractivity contribution in [2.75, 3.05) is 6.61 Å². The Morgan fingerprint density at radius 3 is 1.40 bits per heavy atom. The van der Waals surface area contributed by atoms with Crippen molar-refractivity contribution in [3.8, 4) is 11.8 Å². The summed E-state index contributed by atoms with van der Waals surface area (Å²) >= 11 is 0. The minimum atomic E-state index is -2.78. The molecule has 0 amide bonds. The Kier molecular flexibility index (Phi) is 13.4. The van der Waals surface area contributed by atoms with Crippen molar-refractivity contribution in [2.45, 2.75) is 96.8 Å². The number of unbranched alkanes of at least 4 members (excludes halogenated alkanes) is 3. The number of hydrogen-bond acceptors (Lipinski definition) is 2. The van der Waals surface area contributed by atoms with Crippen molar-refractivity contribution in [1.82, 2.24) is 0 Å². The maximum atomic E-state index is 7.58. The van der Waals surface area contributed by atoms with Crippen molar-refractivity contribution in [1.29, 1.82) is 0 Å². The van der Waals surface area contributed by atoms with E-state index in [1.807, 2.05) is 0 Å². The smallest absolute Gasteiger partial charge is 0.261 e. The SMILES string of the molecule is CCCCCC#CC[C@@H](/C=C/CO[Si](c1ccccc1)(c1ccccc1)C(C)(C)C)O[Si](c1ccccc1)(c1ccccc1)C(C)(C)C. The Morgan fingerprint density at radius 1 is 0.583 bits per heavy atom. The molecule has 0 aliphatic rings. The predicted molar refractivity (Wildman–Crippen MR) is 212 cm³/mol. The fraction of sp³-hybridized carbons (Fsp3) is 0.364. The number of benzene rings is 4. The second kappa shape index (κ2) is 17.3. The van der Waals surface area contributed by atoms with E-state index in [1.165, 1.54) is 33.6 Å². The quantitative estimate of drug-likeness (QED) is 0.0576. The topological polar surface area (TPSA) is 18.5 Å². The van der Waals surface area contributed by atoms with E-state index in [-0.39, 0.29) is 16.2 Å². The van der Waals surface area contributed by atoms with Gasteiger partial charge in [0, 0.05) is 12.8 Å². The van der Waals surface area contributed by atoms with Crippen LogP contribution in [0.2, 0.25) is 10.1 Å². The molecule has 252 valence electrons.